The van der Waals surface area contributed by atoms with E-state index in [0.717, 1.165) is 12.6 Å². The number of nitrogens with zero attached hydrogens (tertiary/aromatic N) is 4. The van der Waals surface area contributed by atoms with Crippen LogP contribution in [0, 0.1) is 0 Å². The second kappa shape index (κ2) is 12.6. The van der Waals surface area contributed by atoms with Crippen molar-refractivity contribution < 1.29 is 46.1 Å². The molecular formula is C21H30F6N4O4. The van der Waals surface area contributed by atoms with Crippen molar-refractivity contribution >= 4 is 11.9 Å². The molecule has 3 aliphatic rings. The average Bonchev–Trinajstić information content (AvgIpc) is 3.54. The Bertz CT molecular complexity index is 793. The predicted molar refractivity (Wildman–Crippen MR) is 112 cm³/mol. The Morgan fingerprint density at radius 1 is 0.943 bits per heavy atom. The highest BCUT2D eigenvalue weighted by Gasteiger charge is 2.39. The third kappa shape index (κ3) is 9.32. The van der Waals surface area contributed by atoms with Crippen molar-refractivity contribution in [2.45, 2.75) is 75.9 Å². The largest absolute Gasteiger partial charge is 0.490 e. The first-order valence-corrected chi connectivity index (χ1v) is 11.4. The number of carboxylic acid groups (broad SMARTS) is 2. The summed E-state index contributed by atoms with van der Waals surface area (Å²) in [6.45, 7) is 6.20. The highest BCUT2D eigenvalue weighted by molar-refractivity contribution is 5.73. The Hall–Kier alpha value is -2.35. The fraction of sp³-hybridized carbons (Fsp3) is 0.762. The molecule has 1 saturated carbocycles. The minimum Gasteiger partial charge on any atom is -0.475 e. The third-order valence-electron chi connectivity index (χ3n) is 6.21. The molecule has 0 amide bonds. The Morgan fingerprint density at radius 3 is 1.94 bits per heavy atom. The van der Waals surface area contributed by atoms with Crippen LogP contribution in [0.4, 0.5) is 26.3 Å². The summed E-state index contributed by atoms with van der Waals surface area (Å²) in [7, 11) is 0. The zero-order valence-electron chi connectivity index (χ0n) is 19.1. The van der Waals surface area contributed by atoms with Crippen LogP contribution >= 0.6 is 0 Å². The van der Waals surface area contributed by atoms with E-state index in [1.54, 1.807) is 0 Å². The van der Waals surface area contributed by atoms with Gasteiger partial charge in [0.05, 0.1) is 11.7 Å². The van der Waals surface area contributed by atoms with Gasteiger partial charge < -0.3 is 15.1 Å². The number of aromatic nitrogens is 2. The molecule has 3 heterocycles. The van der Waals surface area contributed by atoms with Gasteiger partial charge in [0, 0.05) is 31.9 Å². The van der Waals surface area contributed by atoms with Gasteiger partial charge in [0.2, 0.25) is 0 Å². The molecule has 1 unspecified atom stereocenters. The van der Waals surface area contributed by atoms with Crippen molar-refractivity contribution in [3.05, 3.63) is 18.0 Å². The van der Waals surface area contributed by atoms with Gasteiger partial charge in [-0.3, -0.25) is 9.58 Å². The second-order valence-corrected chi connectivity index (χ2v) is 8.73. The van der Waals surface area contributed by atoms with Crippen molar-refractivity contribution in [1.82, 2.24) is 19.6 Å². The van der Waals surface area contributed by atoms with Crippen LogP contribution in [0.2, 0.25) is 0 Å². The molecule has 0 radical (unpaired) electrons. The zero-order chi connectivity index (χ0) is 26.2. The first-order chi connectivity index (χ1) is 16.3. The Balaban J connectivity index is 0.000000257. The quantitative estimate of drug-likeness (QED) is 0.585. The zero-order valence-corrected chi connectivity index (χ0v) is 19.1. The van der Waals surface area contributed by atoms with Crippen LogP contribution in [0.5, 0.6) is 0 Å². The molecule has 0 bridgehead atoms. The van der Waals surface area contributed by atoms with Crippen molar-refractivity contribution in [2.24, 2.45) is 0 Å². The number of aliphatic carboxylic acids is 2. The van der Waals surface area contributed by atoms with Gasteiger partial charge in [-0.05, 0) is 51.3 Å². The van der Waals surface area contributed by atoms with E-state index in [9.17, 15) is 26.3 Å². The van der Waals surface area contributed by atoms with E-state index in [1.165, 1.54) is 76.8 Å². The van der Waals surface area contributed by atoms with Gasteiger partial charge in [0.1, 0.15) is 0 Å². The lowest BCUT2D eigenvalue weighted by Crippen LogP contribution is -2.43. The minimum atomic E-state index is -5.08. The lowest BCUT2D eigenvalue weighted by molar-refractivity contribution is -0.193. The Labute approximate surface area is 198 Å². The van der Waals surface area contributed by atoms with E-state index >= 15 is 0 Å². The van der Waals surface area contributed by atoms with Crippen molar-refractivity contribution in [1.29, 1.82) is 0 Å². The molecule has 2 aliphatic heterocycles. The maximum atomic E-state index is 10.6. The summed E-state index contributed by atoms with van der Waals surface area (Å²) in [4.78, 5) is 23.2. The number of halogens is 6. The van der Waals surface area contributed by atoms with Crippen LogP contribution < -0.4 is 0 Å². The highest BCUT2D eigenvalue weighted by Crippen LogP contribution is 2.31. The van der Waals surface area contributed by atoms with Crippen LogP contribution in [0.3, 0.4) is 0 Å². The van der Waals surface area contributed by atoms with Gasteiger partial charge in [-0.1, -0.05) is 12.8 Å². The lowest BCUT2D eigenvalue weighted by atomic mass is 10.1. The molecule has 1 aromatic heterocycles. The van der Waals surface area contributed by atoms with E-state index in [-0.39, 0.29) is 0 Å². The van der Waals surface area contributed by atoms with Gasteiger partial charge >= 0.3 is 24.3 Å². The third-order valence-corrected chi connectivity index (χ3v) is 6.21. The lowest BCUT2D eigenvalue weighted by Gasteiger charge is -2.38. The summed E-state index contributed by atoms with van der Waals surface area (Å²) >= 11 is 0. The number of carbonyl (C=O) groups is 2. The molecule has 4 rings (SSSR count). The molecule has 2 fully saturated rings. The first-order valence-electron chi connectivity index (χ1n) is 11.4. The maximum Gasteiger partial charge on any atom is 0.490 e. The summed E-state index contributed by atoms with van der Waals surface area (Å²) in [6.07, 6.45) is 1.56. The van der Waals surface area contributed by atoms with E-state index in [0.29, 0.717) is 6.04 Å². The number of hydrogen-bond acceptors (Lipinski definition) is 5. The minimum absolute atomic E-state index is 0.588. The van der Waals surface area contributed by atoms with Crippen LogP contribution in [0.1, 0.15) is 56.7 Å². The molecule has 1 aromatic rings. The number of fused-ring (bicyclic) bond motifs is 1. The molecule has 1 atom stereocenters. The maximum absolute atomic E-state index is 10.6. The van der Waals surface area contributed by atoms with E-state index in [2.05, 4.69) is 25.6 Å². The fourth-order valence-electron chi connectivity index (χ4n) is 4.52. The molecule has 0 spiro atoms. The van der Waals surface area contributed by atoms with Crippen LogP contribution in [0.15, 0.2) is 12.3 Å². The molecule has 200 valence electrons. The van der Waals surface area contributed by atoms with Crippen molar-refractivity contribution in [3.63, 3.8) is 0 Å². The molecule has 35 heavy (non-hydrogen) atoms. The number of hydrogen-bond donors (Lipinski definition) is 2. The van der Waals surface area contributed by atoms with Gasteiger partial charge in [-0.25, -0.2) is 9.59 Å². The normalized spacial score (nSPS) is 21.5. The molecule has 0 aromatic carbocycles. The topological polar surface area (TPSA) is 98.9 Å². The molecule has 1 aliphatic carbocycles. The van der Waals surface area contributed by atoms with Crippen molar-refractivity contribution in [3.8, 4) is 0 Å². The van der Waals surface area contributed by atoms with Gasteiger partial charge in [0.25, 0.3) is 0 Å². The molecule has 1 saturated heterocycles. The Morgan fingerprint density at radius 2 is 1.46 bits per heavy atom. The Kier molecular flexibility index (Phi) is 10.4. The summed E-state index contributed by atoms with van der Waals surface area (Å²) in [5.74, 6) is -5.51. The standard InChI is InChI=1S/C17H28N4.2C2HF3O2/c1-2-6-15(5-1)20-13-16-7-9-18-21(16)17(14-20)8-12-19-10-3-4-11-19;2*3-2(4,5)1(6)7/h7,9,15,17H,1-6,8,10-14H2;2*(H,6,7). The molecule has 8 nitrogen and oxygen atoms in total. The van der Waals surface area contributed by atoms with Gasteiger partial charge in [-0.2, -0.15) is 31.4 Å². The molecule has 14 heteroatoms. The summed E-state index contributed by atoms with van der Waals surface area (Å²) in [5, 5.41) is 18.9. The summed E-state index contributed by atoms with van der Waals surface area (Å²) < 4.78 is 65.8. The number of rotatable bonds is 4. The van der Waals surface area contributed by atoms with E-state index in [4.69, 9.17) is 19.8 Å². The average molecular weight is 516 g/mol. The summed E-state index contributed by atoms with van der Waals surface area (Å²) in [6, 6.07) is 3.65. The smallest absolute Gasteiger partial charge is 0.475 e. The van der Waals surface area contributed by atoms with Crippen LogP contribution in [-0.2, 0) is 16.1 Å². The predicted octanol–water partition coefficient (Wildman–Crippen LogP) is 3.93. The SMILES string of the molecule is O=C(O)C(F)(F)F.O=C(O)C(F)(F)F.c1cc2n(n1)C(CCN1CCCC1)CN(C1CCCC1)C2. The van der Waals surface area contributed by atoms with E-state index in [1.807, 2.05) is 6.20 Å². The number of likely N-dealkylation sites (tertiary alicyclic amines) is 1. The molecular weight excluding hydrogens is 486 g/mol. The number of alkyl halides is 6. The molecule has 2 N–H and O–H groups in total. The van der Waals surface area contributed by atoms with E-state index < -0.39 is 24.3 Å². The fourth-order valence-corrected chi connectivity index (χ4v) is 4.52. The van der Waals surface area contributed by atoms with Gasteiger partial charge in [0.15, 0.2) is 0 Å². The van der Waals surface area contributed by atoms with Crippen molar-refractivity contribution in [2.75, 3.05) is 26.2 Å². The van der Waals surface area contributed by atoms with Crippen LogP contribution in [0.25, 0.3) is 0 Å². The highest BCUT2D eigenvalue weighted by atomic mass is 19.4. The van der Waals surface area contributed by atoms with Crippen LogP contribution in [-0.4, -0.2) is 86.3 Å². The summed E-state index contributed by atoms with van der Waals surface area (Å²) in [5.41, 5.74) is 1.43. The first kappa shape index (κ1) is 28.9. The second-order valence-electron chi connectivity index (χ2n) is 8.73. The number of carboxylic acids is 2. The van der Waals surface area contributed by atoms with Gasteiger partial charge in [-0.15, -0.1) is 0 Å². The monoisotopic (exact) mass is 516 g/mol.